The molecule has 0 bridgehead atoms. The lowest BCUT2D eigenvalue weighted by Gasteiger charge is -2.28. The molecular weight excluding hydrogens is 643 g/mol. The average molecular weight is 671 g/mol. The van der Waals surface area contributed by atoms with E-state index in [0.717, 1.165) is 33.5 Å². The molecule has 1 aromatic heterocycles. The molecule has 0 atom stereocenters. The molecule has 1 aliphatic carbocycles. The number of nitrogens with zero attached hydrogens (tertiary/aromatic N) is 2. The number of carbonyl (C=O) groups is 2. The normalized spacial score (nSPS) is 13.9. The van der Waals surface area contributed by atoms with Crippen LogP contribution in [0.3, 0.4) is 0 Å². The topological polar surface area (TPSA) is 68.4 Å². The van der Waals surface area contributed by atoms with Gasteiger partial charge in [0.05, 0.1) is 16.7 Å². The van der Waals surface area contributed by atoms with E-state index >= 15 is 0 Å². The molecule has 0 aliphatic heterocycles. The molecular formula is C32H27F9N4O2. The molecule has 4 aromatic rings. The number of alkyl halides is 9. The van der Waals surface area contributed by atoms with Crippen molar-refractivity contribution in [1.82, 2.24) is 14.8 Å². The standard InChI is InChI=1S/C32H27F9N4O2/c33-30(34,35)21-7-5-19(6-8-21)17-44(12-11-20-16-42-27-4-2-1-3-26(20)27)28(46)18-45(25-9-10-25)29(47)43-24-14-22(31(36,37)38)13-23(15-24)32(39,40)41/h1-8,13-16,25,42H,9-12,17-18H2,(H,43,47). The van der Waals surface area contributed by atoms with Crippen LogP contribution >= 0.6 is 0 Å². The van der Waals surface area contributed by atoms with Crippen molar-refractivity contribution in [2.75, 3.05) is 18.4 Å². The second-order valence-corrected chi connectivity index (χ2v) is 11.2. The van der Waals surface area contributed by atoms with Gasteiger partial charge >= 0.3 is 24.6 Å². The number of para-hydroxylation sites is 1. The number of amides is 3. The highest BCUT2D eigenvalue weighted by molar-refractivity contribution is 5.93. The summed E-state index contributed by atoms with van der Waals surface area (Å²) in [5.74, 6) is -0.619. The second-order valence-electron chi connectivity index (χ2n) is 11.2. The summed E-state index contributed by atoms with van der Waals surface area (Å²) >= 11 is 0. The van der Waals surface area contributed by atoms with E-state index < -0.39 is 65.4 Å². The molecule has 0 spiro atoms. The maximum Gasteiger partial charge on any atom is 0.416 e. The van der Waals surface area contributed by atoms with Crippen molar-refractivity contribution in [1.29, 1.82) is 0 Å². The summed E-state index contributed by atoms with van der Waals surface area (Å²) in [5.41, 5.74) is -2.78. The lowest BCUT2D eigenvalue weighted by Crippen LogP contribution is -2.45. The van der Waals surface area contributed by atoms with Crippen LogP contribution in [0.4, 0.5) is 50.0 Å². The van der Waals surface area contributed by atoms with Gasteiger partial charge in [-0.3, -0.25) is 4.79 Å². The molecule has 1 saturated carbocycles. The summed E-state index contributed by atoms with van der Waals surface area (Å²) in [7, 11) is 0. The number of anilines is 1. The Hall–Kier alpha value is -4.69. The molecule has 6 nitrogen and oxygen atoms in total. The van der Waals surface area contributed by atoms with E-state index in [2.05, 4.69) is 10.3 Å². The smallest absolute Gasteiger partial charge is 0.361 e. The zero-order valence-corrected chi connectivity index (χ0v) is 24.4. The fraction of sp³-hybridized carbons (Fsp3) is 0.312. The van der Waals surface area contributed by atoms with Gasteiger partial charge in [-0.2, -0.15) is 39.5 Å². The van der Waals surface area contributed by atoms with Gasteiger partial charge in [0, 0.05) is 41.9 Å². The Morgan fingerprint density at radius 2 is 1.38 bits per heavy atom. The SMILES string of the molecule is O=C(CN(C(=O)Nc1cc(C(F)(F)F)cc(C(F)(F)F)c1)C1CC1)N(CCc1c[nH]c2ccccc12)Cc1ccc(C(F)(F)F)cc1. The molecule has 2 N–H and O–H groups in total. The van der Waals surface area contributed by atoms with Gasteiger partial charge < -0.3 is 20.1 Å². The summed E-state index contributed by atoms with van der Waals surface area (Å²) in [6.45, 7) is -0.609. The van der Waals surface area contributed by atoms with Crippen molar-refractivity contribution in [2.24, 2.45) is 0 Å². The molecule has 3 amide bonds. The number of fused-ring (bicyclic) bond motifs is 1. The Morgan fingerprint density at radius 3 is 1.96 bits per heavy atom. The fourth-order valence-electron chi connectivity index (χ4n) is 5.13. The van der Waals surface area contributed by atoms with Crippen LogP contribution in [-0.4, -0.2) is 45.9 Å². The van der Waals surface area contributed by atoms with E-state index in [1.165, 1.54) is 17.0 Å². The fourth-order valence-corrected chi connectivity index (χ4v) is 5.13. The first-order valence-corrected chi connectivity index (χ1v) is 14.3. The molecule has 250 valence electrons. The molecule has 0 saturated heterocycles. The molecule has 3 aromatic carbocycles. The number of hydrogen-bond donors (Lipinski definition) is 2. The second kappa shape index (κ2) is 12.8. The number of carbonyl (C=O) groups excluding carboxylic acids is 2. The quantitative estimate of drug-likeness (QED) is 0.176. The minimum atomic E-state index is -5.13. The maximum atomic E-state index is 13.7. The van der Waals surface area contributed by atoms with Crippen LogP contribution in [0.25, 0.3) is 10.9 Å². The largest absolute Gasteiger partial charge is 0.416 e. The highest BCUT2D eigenvalue weighted by atomic mass is 19.4. The van der Waals surface area contributed by atoms with E-state index in [0.29, 0.717) is 37.0 Å². The van der Waals surface area contributed by atoms with E-state index in [1.807, 2.05) is 24.3 Å². The van der Waals surface area contributed by atoms with E-state index in [1.54, 1.807) is 6.20 Å². The predicted octanol–water partition coefficient (Wildman–Crippen LogP) is 8.49. The van der Waals surface area contributed by atoms with Crippen LogP contribution in [0, 0.1) is 0 Å². The Balaban J connectivity index is 1.37. The summed E-state index contributed by atoms with van der Waals surface area (Å²) in [5, 5.41) is 2.98. The third-order valence-corrected chi connectivity index (χ3v) is 7.73. The minimum Gasteiger partial charge on any atom is -0.361 e. The number of urea groups is 1. The molecule has 1 fully saturated rings. The van der Waals surface area contributed by atoms with Crippen molar-refractivity contribution in [3.8, 4) is 0 Å². The van der Waals surface area contributed by atoms with Gasteiger partial charge in [-0.25, -0.2) is 4.79 Å². The molecule has 0 radical (unpaired) electrons. The van der Waals surface area contributed by atoms with Crippen molar-refractivity contribution >= 4 is 28.5 Å². The van der Waals surface area contributed by atoms with Gasteiger partial charge in [0.25, 0.3) is 0 Å². The van der Waals surface area contributed by atoms with E-state index in [-0.39, 0.29) is 19.2 Å². The molecule has 15 heteroatoms. The Morgan fingerprint density at radius 1 is 0.787 bits per heavy atom. The first kappa shape index (κ1) is 33.7. The van der Waals surface area contributed by atoms with Crippen molar-refractivity contribution in [3.63, 3.8) is 0 Å². The first-order valence-electron chi connectivity index (χ1n) is 14.3. The number of benzene rings is 3. The highest BCUT2D eigenvalue weighted by Gasteiger charge is 2.39. The monoisotopic (exact) mass is 670 g/mol. The van der Waals surface area contributed by atoms with Gasteiger partial charge in [-0.15, -0.1) is 0 Å². The van der Waals surface area contributed by atoms with Gasteiger partial charge in [-0.05, 0) is 66.8 Å². The van der Waals surface area contributed by atoms with Crippen LogP contribution in [0.2, 0.25) is 0 Å². The summed E-state index contributed by atoms with van der Waals surface area (Å²) < 4.78 is 119. The van der Waals surface area contributed by atoms with Crippen LogP contribution < -0.4 is 5.32 Å². The Labute approximate surface area is 262 Å². The highest BCUT2D eigenvalue weighted by Crippen LogP contribution is 2.38. The number of nitrogens with one attached hydrogen (secondary N) is 2. The Kier molecular flexibility index (Phi) is 9.20. The maximum absolute atomic E-state index is 13.7. The number of aromatic amines is 1. The molecule has 47 heavy (non-hydrogen) atoms. The molecule has 1 aliphatic rings. The number of H-pyrrole nitrogens is 1. The third kappa shape index (κ3) is 8.37. The van der Waals surface area contributed by atoms with Gasteiger partial charge in [0.15, 0.2) is 0 Å². The Bertz CT molecular complexity index is 1710. The zero-order chi connectivity index (χ0) is 34.1. The summed E-state index contributed by atoms with van der Waals surface area (Å²) in [6, 6.07) is 10.7. The van der Waals surface area contributed by atoms with Gasteiger partial charge in [0.1, 0.15) is 6.54 Å². The van der Waals surface area contributed by atoms with E-state index in [4.69, 9.17) is 0 Å². The molecule has 0 unspecified atom stereocenters. The van der Waals surface area contributed by atoms with Crippen molar-refractivity contribution < 1.29 is 49.1 Å². The summed E-state index contributed by atoms with van der Waals surface area (Å²) in [4.78, 5) is 32.4. The number of halogens is 9. The van der Waals surface area contributed by atoms with Crippen LogP contribution in [-0.2, 0) is 36.3 Å². The van der Waals surface area contributed by atoms with Gasteiger partial charge in [-0.1, -0.05) is 30.3 Å². The number of rotatable bonds is 9. The lowest BCUT2D eigenvalue weighted by molar-refractivity contribution is -0.143. The number of aromatic nitrogens is 1. The zero-order valence-electron chi connectivity index (χ0n) is 24.4. The van der Waals surface area contributed by atoms with Crippen molar-refractivity contribution in [2.45, 2.75) is 50.4 Å². The minimum absolute atomic E-state index is 0.0648. The predicted molar refractivity (Wildman–Crippen MR) is 154 cm³/mol. The molecule has 1 heterocycles. The lowest BCUT2D eigenvalue weighted by atomic mass is 10.1. The number of hydrogen-bond acceptors (Lipinski definition) is 2. The third-order valence-electron chi connectivity index (χ3n) is 7.73. The van der Waals surface area contributed by atoms with Crippen LogP contribution in [0.15, 0.2) is 72.9 Å². The molecule has 5 rings (SSSR count). The van der Waals surface area contributed by atoms with E-state index in [9.17, 15) is 49.1 Å². The van der Waals surface area contributed by atoms with Crippen molar-refractivity contribution in [3.05, 3.63) is 101 Å². The average Bonchev–Trinajstić information content (AvgIpc) is 3.75. The van der Waals surface area contributed by atoms with Gasteiger partial charge in [0.2, 0.25) is 5.91 Å². The van der Waals surface area contributed by atoms with Crippen LogP contribution in [0.1, 0.15) is 40.7 Å². The van der Waals surface area contributed by atoms with Crippen LogP contribution in [0.5, 0.6) is 0 Å². The first-order chi connectivity index (χ1) is 22.0. The summed E-state index contributed by atoms with van der Waals surface area (Å²) in [6.07, 6.45) is -11.8.